The summed E-state index contributed by atoms with van der Waals surface area (Å²) in [5.74, 6) is 0. The SMILES string of the molecule is C=P(C)(C)CC[C@H]1O[C@@H](n2cnc3c(CCCC)ncnc32)[C@H](O)[C@@H]1O. The van der Waals surface area contributed by atoms with Gasteiger partial charge in [-0.3, -0.25) is 4.57 Å². The first-order valence-electron chi connectivity index (χ1n) is 9.17. The first-order valence-corrected chi connectivity index (χ1v) is 12.2. The molecule has 1 fully saturated rings. The molecule has 0 aromatic carbocycles. The van der Waals surface area contributed by atoms with Crippen molar-refractivity contribution in [2.24, 2.45) is 0 Å². The lowest BCUT2D eigenvalue weighted by Crippen LogP contribution is -2.31. The molecule has 0 amide bonds. The van der Waals surface area contributed by atoms with Gasteiger partial charge in [-0.1, -0.05) is 13.3 Å². The third-order valence-electron chi connectivity index (χ3n) is 4.83. The van der Waals surface area contributed by atoms with Gasteiger partial charge in [-0.2, -0.15) is 0 Å². The van der Waals surface area contributed by atoms with Crippen molar-refractivity contribution in [3.8, 4) is 0 Å². The lowest BCUT2D eigenvalue weighted by atomic mass is 10.1. The van der Waals surface area contributed by atoms with Gasteiger partial charge in [0.2, 0.25) is 0 Å². The Balaban J connectivity index is 1.83. The molecule has 0 aliphatic carbocycles. The molecule has 26 heavy (non-hydrogen) atoms. The lowest BCUT2D eigenvalue weighted by molar-refractivity contribution is -0.0353. The summed E-state index contributed by atoms with van der Waals surface area (Å²) in [6.07, 6.45) is 8.84. The van der Waals surface area contributed by atoms with Crippen LogP contribution < -0.4 is 0 Å². The van der Waals surface area contributed by atoms with E-state index in [-0.39, 0.29) is 0 Å². The third-order valence-corrected chi connectivity index (χ3v) is 6.30. The van der Waals surface area contributed by atoms with Gasteiger partial charge >= 0.3 is 0 Å². The highest BCUT2D eigenvalue weighted by Crippen LogP contribution is 2.39. The van der Waals surface area contributed by atoms with Gasteiger partial charge in [0, 0.05) is 0 Å². The molecule has 1 saturated heterocycles. The summed E-state index contributed by atoms with van der Waals surface area (Å²) in [6, 6.07) is 0. The van der Waals surface area contributed by atoms with Crippen LogP contribution in [0.2, 0.25) is 0 Å². The number of hydrogen-bond donors (Lipinski definition) is 2. The quantitative estimate of drug-likeness (QED) is 0.713. The van der Waals surface area contributed by atoms with Crippen molar-refractivity contribution in [1.82, 2.24) is 19.5 Å². The molecule has 7 nitrogen and oxygen atoms in total. The number of hydrogen-bond acceptors (Lipinski definition) is 6. The average Bonchev–Trinajstić information content (AvgIpc) is 3.13. The number of fused-ring (bicyclic) bond motifs is 1. The van der Waals surface area contributed by atoms with Gasteiger partial charge in [0.1, 0.15) is 24.1 Å². The van der Waals surface area contributed by atoms with Crippen molar-refractivity contribution < 1.29 is 14.9 Å². The lowest BCUT2D eigenvalue weighted by Gasteiger charge is -2.18. The van der Waals surface area contributed by atoms with Gasteiger partial charge in [-0.15, -0.1) is 13.2 Å². The fraction of sp³-hybridized carbons (Fsp3) is 0.667. The Morgan fingerprint density at radius 1 is 1.23 bits per heavy atom. The number of ether oxygens (including phenoxy) is 1. The summed E-state index contributed by atoms with van der Waals surface area (Å²) < 4.78 is 7.72. The van der Waals surface area contributed by atoms with Gasteiger partial charge in [0.25, 0.3) is 0 Å². The van der Waals surface area contributed by atoms with Crippen LogP contribution in [0.15, 0.2) is 12.7 Å². The molecule has 0 bridgehead atoms. The monoisotopic (exact) mass is 380 g/mol. The molecule has 8 heteroatoms. The molecule has 3 heterocycles. The second kappa shape index (κ2) is 7.77. The molecule has 144 valence electrons. The molecule has 2 aromatic heterocycles. The van der Waals surface area contributed by atoms with Crippen molar-refractivity contribution in [1.29, 1.82) is 0 Å². The number of aliphatic hydroxyl groups excluding tert-OH is 2. The predicted octanol–water partition coefficient (Wildman–Crippen LogP) is 1.89. The van der Waals surface area contributed by atoms with Crippen molar-refractivity contribution in [3.05, 3.63) is 18.3 Å². The van der Waals surface area contributed by atoms with Crippen LogP contribution in [-0.2, 0) is 11.2 Å². The number of unbranched alkanes of at least 4 members (excludes halogenated alkanes) is 1. The van der Waals surface area contributed by atoms with Crippen LogP contribution in [0.1, 0.15) is 38.1 Å². The molecule has 3 rings (SSSR count). The highest BCUT2D eigenvalue weighted by Gasteiger charge is 2.44. The molecule has 1 aliphatic rings. The second-order valence-corrected chi connectivity index (χ2v) is 12.1. The van der Waals surface area contributed by atoms with E-state index in [0.29, 0.717) is 12.1 Å². The summed E-state index contributed by atoms with van der Waals surface area (Å²) in [7, 11) is 0. The average molecular weight is 380 g/mol. The minimum Gasteiger partial charge on any atom is -0.388 e. The number of aryl methyl sites for hydroxylation is 1. The van der Waals surface area contributed by atoms with Crippen LogP contribution in [-0.4, -0.2) is 73.8 Å². The Kier molecular flexibility index (Phi) is 5.82. The second-order valence-electron chi connectivity index (χ2n) is 7.74. The van der Waals surface area contributed by atoms with Crippen LogP contribution in [0.4, 0.5) is 0 Å². The van der Waals surface area contributed by atoms with E-state index in [2.05, 4.69) is 41.5 Å². The maximum atomic E-state index is 10.5. The largest absolute Gasteiger partial charge is 0.388 e. The zero-order valence-electron chi connectivity index (χ0n) is 15.7. The van der Waals surface area contributed by atoms with Crippen molar-refractivity contribution >= 4 is 24.3 Å². The molecule has 0 unspecified atom stereocenters. The van der Waals surface area contributed by atoms with Crippen molar-refractivity contribution in [2.75, 3.05) is 19.5 Å². The van der Waals surface area contributed by atoms with Gasteiger partial charge in [0.05, 0.1) is 18.1 Å². The van der Waals surface area contributed by atoms with Crippen LogP contribution in [0.3, 0.4) is 0 Å². The van der Waals surface area contributed by atoms with E-state index < -0.39 is 31.4 Å². The first-order chi connectivity index (χ1) is 12.3. The normalized spacial score (nSPS) is 26.7. The number of rotatable bonds is 7. The van der Waals surface area contributed by atoms with Crippen LogP contribution in [0.25, 0.3) is 11.2 Å². The molecule has 1 aliphatic heterocycles. The predicted molar refractivity (Wildman–Crippen MR) is 105 cm³/mol. The van der Waals surface area contributed by atoms with Crippen molar-refractivity contribution in [3.63, 3.8) is 0 Å². The summed E-state index contributed by atoms with van der Waals surface area (Å²) in [5.41, 5.74) is 2.27. The molecule has 2 N–H and O–H groups in total. The van der Waals surface area contributed by atoms with E-state index in [0.717, 1.165) is 36.6 Å². The van der Waals surface area contributed by atoms with Crippen LogP contribution in [0, 0.1) is 0 Å². The fourth-order valence-electron chi connectivity index (χ4n) is 3.29. The van der Waals surface area contributed by atoms with E-state index in [4.69, 9.17) is 4.74 Å². The zero-order valence-corrected chi connectivity index (χ0v) is 16.6. The van der Waals surface area contributed by atoms with Gasteiger partial charge < -0.3 is 14.9 Å². The van der Waals surface area contributed by atoms with Gasteiger partial charge in [-0.25, -0.2) is 15.0 Å². The minimum atomic E-state index is -1.21. The molecular weight excluding hydrogens is 351 g/mol. The van der Waals surface area contributed by atoms with E-state index >= 15 is 0 Å². The Bertz CT molecular complexity index is 803. The minimum absolute atomic E-state index is 0.408. The molecule has 0 radical (unpaired) electrons. The molecule has 4 atom stereocenters. The van der Waals surface area contributed by atoms with Crippen molar-refractivity contribution in [2.45, 2.75) is 57.1 Å². The Morgan fingerprint density at radius 2 is 2.00 bits per heavy atom. The van der Waals surface area contributed by atoms with E-state index in [9.17, 15) is 10.2 Å². The maximum absolute atomic E-state index is 10.5. The number of imidazole rings is 1. The first kappa shape index (κ1) is 19.5. The third kappa shape index (κ3) is 4.01. The summed E-state index contributed by atoms with van der Waals surface area (Å²) in [4.78, 5) is 13.1. The number of aromatic nitrogens is 4. The number of nitrogens with zero attached hydrogens (tertiary/aromatic N) is 4. The Morgan fingerprint density at radius 3 is 2.69 bits per heavy atom. The van der Waals surface area contributed by atoms with Gasteiger partial charge in [-0.05, 0) is 38.8 Å². The smallest absolute Gasteiger partial charge is 0.165 e. The summed E-state index contributed by atoms with van der Waals surface area (Å²) in [6.45, 7) is 5.23. The fourth-order valence-corrected chi connectivity index (χ4v) is 4.24. The van der Waals surface area contributed by atoms with Gasteiger partial charge in [0.15, 0.2) is 11.9 Å². The standard InChI is InChI=1S/C18H29N4O3P/c1-5-6-7-12-14-17(20-10-19-12)22(11-21-14)18-16(24)15(23)13(25-18)8-9-26(2,3)4/h10-11,13,15-16,18,23-24H,2,5-9H2,1,3-4H3/t13-,15-,16-,18-/m1/s1. The highest BCUT2D eigenvalue weighted by molar-refractivity contribution is 7.72. The highest BCUT2D eigenvalue weighted by atomic mass is 31.2. The zero-order chi connectivity index (χ0) is 18.9. The van der Waals surface area contributed by atoms with Crippen LogP contribution in [0.5, 0.6) is 0 Å². The summed E-state index contributed by atoms with van der Waals surface area (Å²) >= 11 is 0. The molecule has 2 aromatic rings. The maximum Gasteiger partial charge on any atom is 0.165 e. The summed E-state index contributed by atoms with van der Waals surface area (Å²) in [5, 5.41) is 20.9. The number of aliphatic hydroxyl groups is 2. The topological polar surface area (TPSA) is 93.3 Å². The van der Waals surface area contributed by atoms with E-state index in [1.807, 2.05) is 0 Å². The van der Waals surface area contributed by atoms with E-state index in [1.54, 1.807) is 10.9 Å². The molecule has 0 spiro atoms. The van der Waals surface area contributed by atoms with E-state index in [1.165, 1.54) is 6.33 Å². The molecular formula is C18H29N4O3P. The van der Waals surface area contributed by atoms with Crippen LogP contribution >= 0.6 is 6.89 Å². The molecule has 0 saturated carbocycles. The Hall–Kier alpha value is -1.27. The Labute approximate surface area is 154 Å².